The first-order valence-electron chi connectivity index (χ1n) is 4.18. The van der Waals surface area contributed by atoms with E-state index in [2.05, 4.69) is 0 Å². The molecular formula is C9H14O2. The topological polar surface area (TPSA) is 34.1 Å². The zero-order valence-corrected chi connectivity index (χ0v) is 7.09. The molecule has 0 aromatic heterocycles. The third-order valence-corrected chi connectivity index (χ3v) is 2.21. The van der Waals surface area contributed by atoms with E-state index in [-0.39, 0.29) is 23.4 Å². The minimum atomic E-state index is -0.288. The van der Waals surface area contributed by atoms with E-state index in [0.29, 0.717) is 12.8 Å². The lowest BCUT2D eigenvalue weighted by Gasteiger charge is -2.22. The van der Waals surface area contributed by atoms with Crippen LogP contribution in [0.25, 0.3) is 0 Å². The maximum Gasteiger partial charge on any atom is 0.143 e. The van der Waals surface area contributed by atoms with Crippen molar-refractivity contribution < 1.29 is 9.59 Å². The summed E-state index contributed by atoms with van der Waals surface area (Å²) in [6, 6.07) is 0. The Bertz CT molecular complexity index is 166. The SMILES string of the molecule is CC(C)C1C(=O)CCCC1=O. The standard InChI is InChI=1S/C9H14O2/c1-6(2)9-7(10)4-3-5-8(9)11/h6,9H,3-5H2,1-2H3. The summed E-state index contributed by atoms with van der Waals surface area (Å²) >= 11 is 0. The van der Waals surface area contributed by atoms with Crippen LogP contribution in [0.5, 0.6) is 0 Å². The van der Waals surface area contributed by atoms with Crippen molar-refractivity contribution >= 4 is 11.6 Å². The predicted molar refractivity (Wildman–Crippen MR) is 42.2 cm³/mol. The molecule has 0 N–H and O–H groups in total. The lowest BCUT2D eigenvalue weighted by Crippen LogP contribution is -2.32. The molecule has 11 heavy (non-hydrogen) atoms. The lowest BCUT2D eigenvalue weighted by molar-refractivity contribution is -0.137. The van der Waals surface area contributed by atoms with Gasteiger partial charge in [-0.05, 0) is 12.3 Å². The van der Waals surface area contributed by atoms with Crippen molar-refractivity contribution in [2.45, 2.75) is 33.1 Å². The Morgan fingerprint density at radius 1 is 1.18 bits per heavy atom. The summed E-state index contributed by atoms with van der Waals surface area (Å²) in [6.07, 6.45) is 1.98. The van der Waals surface area contributed by atoms with Crippen LogP contribution in [0.4, 0.5) is 0 Å². The Balaban J connectivity index is 2.71. The fourth-order valence-corrected chi connectivity index (χ4v) is 1.67. The highest BCUT2D eigenvalue weighted by atomic mass is 16.2. The van der Waals surface area contributed by atoms with E-state index in [1.54, 1.807) is 0 Å². The van der Waals surface area contributed by atoms with Gasteiger partial charge in [-0.2, -0.15) is 0 Å². The van der Waals surface area contributed by atoms with Gasteiger partial charge in [-0.1, -0.05) is 13.8 Å². The van der Waals surface area contributed by atoms with Crippen LogP contribution < -0.4 is 0 Å². The van der Waals surface area contributed by atoms with E-state index in [0.717, 1.165) is 6.42 Å². The summed E-state index contributed by atoms with van der Waals surface area (Å²) in [5.41, 5.74) is 0. The average molecular weight is 154 g/mol. The first-order chi connectivity index (χ1) is 5.13. The molecule has 62 valence electrons. The smallest absolute Gasteiger partial charge is 0.143 e. The third-order valence-electron chi connectivity index (χ3n) is 2.21. The van der Waals surface area contributed by atoms with Crippen LogP contribution in [-0.2, 0) is 9.59 Å². The summed E-state index contributed by atoms with van der Waals surface area (Å²) in [5.74, 6) is 0.201. The van der Waals surface area contributed by atoms with Crippen LogP contribution >= 0.6 is 0 Å². The number of carbonyl (C=O) groups excluding carboxylic acids is 2. The highest BCUT2D eigenvalue weighted by Crippen LogP contribution is 2.23. The number of hydrogen-bond donors (Lipinski definition) is 0. The van der Waals surface area contributed by atoms with Crippen LogP contribution in [0.3, 0.4) is 0 Å². The van der Waals surface area contributed by atoms with Crippen molar-refractivity contribution in [3.05, 3.63) is 0 Å². The Labute approximate surface area is 67.0 Å². The zero-order chi connectivity index (χ0) is 8.43. The van der Waals surface area contributed by atoms with Gasteiger partial charge in [0.15, 0.2) is 0 Å². The highest BCUT2D eigenvalue weighted by molar-refractivity contribution is 6.04. The van der Waals surface area contributed by atoms with E-state index < -0.39 is 0 Å². The molecule has 1 aliphatic carbocycles. The molecule has 0 aliphatic heterocycles. The molecule has 2 heteroatoms. The molecule has 0 heterocycles. The normalized spacial score (nSPS) is 21.4. The summed E-state index contributed by atoms with van der Waals surface area (Å²) in [5, 5.41) is 0. The molecule has 0 unspecified atom stereocenters. The summed E-state index contributed by atoms with van der Waals surface area (Å²) in [4.78, 5) is 22.5. The van der Waals surface area contributed by atoms with Gasteiger partial charge < -0.3 is 0 Å². The van der Waals surface area contributed by atoms with Gasteiger partial charge in [-0.3, -0.25) is 9.59 Å². The Morgan fingerprint density at radius 3 is 1.91 bits per heavy atom. The Kier molecular flexibility index (Phi) is 2.42. The quantitative estimate of drug-likeness (QED) is 0.537. The molecule has 0 bridgehead atoms. The van der Waals surface area contributed by atoms with Gasteiger partial charge in [-0.15, -0.1) is 0 Å². The Hall–Kier alpha value is -0.660. The maximum atomic E-state index is 11.2. The monoisotopic (exact) mass is 154 g/mol. The summed E-state index contributed by atoms with van der Waals surface area (Å²) in [7, 11) is 0. The predicted octanol–water partition coefficient (Wildman–Crippen LogP) is 1.58. The molecule has 0 aromatic carbocycles. The van der Waals surface area contributed by atoms with Gasteiger partial charge in [-0.25, -0.2) is 0 Å². The average Bonchev–Trinajstić information content (AvgIpc) is 1.85. The fraction of sp³-hybridized carbons (Fsp3) is 0.778. The number of rotatable bonds is 1. The molecule has 1 fully saturated rings. The molecule has 0 spiro atoms. The van der Waals surface area contributed by atoms with Gasteiger partial charge in [0, 0.05) is 12.8 Å². The van der Waals surface area contributed by atoms with E-state index in [4.69, 9.17) is 0 Å². The van der Waals surface area contributed by atoms with Gasteiger partial charge >= 0.3 is 0 Å². The van der Waals surface area contributed by atoms with E-state index >= 15 is 0 Å². The molecule has 2 nitrogen and oxygen atoms in total. The first-order valence-corrected chi connectivity index (χ1v) is 4.18. The van der Waals surface area contributed by atoms with Crippen LogP contribution in [0.15, 0.2) is 0 Å². The van der Waals surface area contributed by atoms with Gasteiger partial charge in [0.25, 0.3) is 0 Å². The first kappa shape index (κ1) is 8.44. The molecule has 0 radical (unpaired) electrons. The molecule has 0 atom stereocenters. The van der Waals surface area contributed by atoms with Crippen molar-refractivity contribution in [2.75, 3.05) is 0 Å². The number of ketones is 2. The Morgan fingerprint density at radius 2 is 1.64 bits per heavy atom. The number of carbonyl (C=O) groups is 2. The number of Topliss-reactive ketones (excluding diaryl/α,β-unsaturated/α-hetero) is 2. The fourth-order valence-electron chi connectivity index (χ4n) is 1.67. The zero-order valence-electron chi connectivity index (χ0n) is 7.09. The number of hydrogen-bond acceptors (Lipinski definition) is 2. The highest BCUT2D eigenvalue weighted by Gasteiger charge is 2.31. The second-order valence-corrected chi connectivity index (χ2v) is 3.51. The maximum absolute atomic E-state index is 11.2. The molecule has 1 aliphatic rings. The van der Waals surface area contributed by atoms with E-state index in [1.807, 2.05) is 13.8 Å². The molecule has 0 amide bonds. The molecule has 0 aromatic rings. The molecular weight excluding hydrogens is 140 g/mol. The van der Waals surface area contributed by atoms with Crippen molar-refractivity contribution in [3.8, 4) is 0 Å². The molecule has 1 saturated carbocycles. The van der Waals surface area contributed by atoms with E-state index in [1.165, 1.54) is 0 Å². The van der Waals surface area contributed by atoms with Crippen LogP contribution in [-0.4, -0.2) is 11.6 Å². The summed E-state index contributed by atoms with van der Waals surface area (Å²) < 4.78 is 0. The van der Waals surface area contributed by atoms with Crippen LogP contribution in [0.1, 0.15) is 33.1 Å². The second-order valence-electron chi connectivity index (χ2n) is 3.51. The largest absolute Gasteiger partial charge is 0.299 e. The van der Waals surface area contributed by atoms with Crippen molar-refractivity contribution in [1.29, 1.82) is 0 Å². The van der Waals surface area contributed by atoms with Crippen LogP contribution in [0.2, 0.25) is 0 Å². The van der Waals surface area contributed by atoms with Crippen molar-refractivity contribution in [3.63, 3.8) is 0 Å². The van der Waals surface area contributed by atoms with Crippen molar-refractivity contribution in [2.24, 2.45) is 11.8 Å². The van der Waals surface area contributed by atoms with Gasteiger partial charge in [0.05, 0.1) is 5.92 Å². The minimum Gasteiger partial charge on any atom is -0.299 e. The van der Waals surface area contributed by atoms with Crippen molar-refractivity contribution in [1.82, 2.24) is 0 Å². The van der Waals surface area contributed by atoms with Crippen LogP contribution in [0, 0.1) is 11.8 Å². The minimum absolute atomic E-state index is 0.149. The third kappa shape index (κ3) is 1.67. The molecule has 0 saturated heterocycles. The lowest BCUT2D eigenvalue weighted by atomic mass is 9.80. The van der Waals surface area contributed by atoms with E-state index in [9.17, 15) is 9.59 Å². The van der Waals surface area contributed by atoms with Gasteiger partial charge in [0.1, 0.15) is 11.6 Å². The molecule has 1 rings (SSSR count). The summed E-state index contributed by atoms with van der Waals surface area (Å²) in [6.45, 7) is 3.87. The second kappa shape index (κ2) is 3.16. The van der Waals surface area contributed by atoms with Gasteiger partial charge in [0.2, 0.25) is 0 Å².